The third-order valence-electron chi connectivity index (χ3n) is 2.33. The van der Waals surface area contributed by atoms with E-state index in [1.807, 2.05) is 0 Å². The molecule has 0 aromatic heterocycles. The predicted octanol–water partition coefficient (Wildman–Crippen LogP) is 4.22. The van der Waals surface area contributed by atoms with Gasteiger partial charge in [0.15, 0.2) is 0 Å². The number of thioether (sulfide) groups is 3. The topological polar surface area (TPSA) is 19.9 Å². The van der Waals surface area contributed by atoms with E-state index in [2.05, 4.69) is 30.9 Å². The zero-order valence-electron chi connectivity index (χ0n) is 9.91. The van der Waals surface area contributed by atoms with Crippen molar-refractivity contribution in [3.8, 4) is 0 Å². The quantitative estimate of drug-likeness (QED) is 0.724. The van der Waals surface area contributed by atoms with Crippen LogP contribution in [0.3, 0.4) is 0 Å². The van der Waals surface area contributed by atoms with E-state index in [1.165, 1.54) is 20.2 Å². The molecule has 0 atom stereocenters. The fourth-order valence-corrected chi connectivity index (χ4v) is 4.27. The first-order valence-electron chi connectivity index (χ1n) is 5.13. The fourth-order valence-electron chi connectivity index (χ4n) is 1.56. The summed E-state index contributed by atoms with van der Waals surface area (Å²) < 4.78 is 0. The van der Waals surface area contributed by atoms with Gasteiger partial charge in [0.2, 0.25) is 0 Å². The Bertz CT molecular complexity index is 314. The molecule has 0 aliphatic rings. The lowest BCUT2D eigenvalue weighted by Crippen LogP contribution is -1.92. The average molecular weight is 273 g/mol. The van der Waals surface area contributed by atoms with Gasteiger partial charge < -0.3 is 0 Å². The van der Waals surface area contributed by atoms with Crippen molar-refractivity contribution in [3.63, 3.8) is 0 Å². The molecule has 1 aromatic rings. The highest BCUT2D eigenvalue weighted by atomic mass is 32.2. The lowest BCUT2D eigenvalue weighted by molar-refractivity contribution is 0.189. The zero-order valence-corrected chi connectivity index (χ0v) is 12.4. The van der Waals surface area contributed by atoms with Gasteiger partial charge in [-0.15, -0.1) is 35.3 Å². The second-order valence-corrected chi connectivity index (χ2v) is 5.85. The molecule has 89 valence electrons. The SMILES string of the molecule is CSc1cc(CCC[O])cc(SC)c1SC. The van der Waals surface area contributed by atoms with Crippen molar-refractivity contribution < 1.29 is 5.11 Å². The summed E-state index contributed by atoms with van der Waals surface area (Å²) in [7, 11) is 0. The van der Waals surface area contributed by atoms with Gasteiger partial charge in [-0.3, -0.25) is 0 Å². The van der Waals surface area contributed by atoms with E-state index >= 15 is 0 Å². The van der Waals surface area contributed by atoms with Crippen molar-refractivity contribution in [3.05, 3.63) is 17.7 Å². The van der Waals surface area contributed by atoms with Crippen LogP contribution in [-0.4, -0.2) is 25.4 Å². The maximum Gasteiger partial charge on any atom is 0.0825 e. The van der Waals surface area contributed by atoms with Crippen LogP contribution in [-0.2, 0) is 11.5 Å². The Kier molecular flexibility index (Phi) is 6.73. The number of hydrogen-bond acceptors (Lipinski definition) is 3. The van der Waals surface area contributed by atoms with Crippen molar-refractivity contribution in [1.29, 1.82) is 0 Å². The number of rotatable bonds is 6. The highest BCUT2D eigenvalue weighted by Crippen LogP contribution is 2.37. The second kappa shape index (κ2) is 7.54. The first-order chi connectivity index (χ1) is 7.76. The third-order valence-corrected chi connectivity index (χ3v) is 4.96. The lowest BCUT2D eigenvalue weighted by atomic mass is 10.1. The monoisotopic (exact) mass is 273 g/mol. The van der Waals surface area contributed by atoms with Gasteiger partial charge in [0, 0.05) is 14.7 Å². The molecule has 0 N–H and O–H groups in total. The van der Waals surface area contributed by atoms with Crippen molar-refractivity contribution in [2.24, 2.45) is 0 Å². The Hall–Kier alpha value is 0.230. The van der Waals surface area contributed by atoms with Crippen molar-refractivity contribution in [2.45, 2.75) is 27.5 Å². The molecule has 0 amide bonds. The van der Waals surface area contributed by atoms with Gasteiger partial charge in [-0.25, -0.2) is 5.11 Å². The Balaban J connectivity index is 3.05. The van der Waals surface area contributed by atoms with E-state index in [0.717, 1.165) is 12.8 Å². The van der Waals surface area contributed by atoms with Crippen LogP contribution in [0, 0.1) is 0 Å². The summed E-state index contributed by atoms with van der Waals surface area (Å²) in [6.07, 6.45) is 7.97. The molecule has 1 nitrogen and oxygen atoms in total. The molecule has 0 bridgehead atoms. The maximum absolute atomic E-state index is 10.5. The van der Waals surface area contributed by atoms with Crippen LogP contribution in [0.4, 0.5) is 0 Å². The maximum atomic E-state index is 10.5. The van der Waals surface area contributed by atoms with Crippen LogP contribution >= 0.6 is 35.3 Å². The molecule has 0 heterocycles. The Morgan fingerprint density at radius 2 is 1.56 bits per heavy atom. The predicted molar refractivity (Wildman–Crippen MR) is 75.7 cm³/mol. The average Bonchev–Trinajstić information content (AvgIpc) is 2.34. The molecule has 0 saturated carbocycles. The number of benzene rings is 1. The summed E-state index contributed by atoms with van der Waals surface area (Å²) in [6, 6.07) is 4.46. The van der Waals surface area contributed by atoms with E-state index < -0.39 is 0 Å². The van der Waals surface area contributed by atoms with Crippen LogP contribution in [0.15, 0.2) is 26.8 Å². The summed E-state index contributed by atoms with van der Waals surface area (Å²) >= 11 is 5.37. The molecule has 16 heavy (non-hydrogen) atoms. The highest BCUT2D eigenvalue weighted by molar-refractivity contribution is 8.03. The smallest absolute Gasteiger partial charge is 0.0825 e. The van der Waals surface area contributed by atoms with E-state index in [-0.39, 0.29) is 6.61 Å². The van der Waals surface area contributed by atoms with Gasteiger partial charge in [-0.2, -0.15) is 0 Å². The van der Waals surface area contributed by atoms with Gasteiger partial charge in [-0.1, -0.05) is 0 Å². The van der Waals surface area contributed by atoms with E-state index in [4.69, 9.17) is 0 Å². The first-order valence-corrected chi connectivity index (χ1v) is 8.81. The standard InChI is InChI=1S/C12H17OS3/c1-14-10-7-9(5-4-6-13)8-11(15-2)12(10)16-3/h7-8H,4-6H2,1-3H3. The first kappa shape index (κ1) is 14.3. The normalized spacial score (nSPS) is 10.8. The Morgan fingerprint density at radius 3 is 1.94 bits per heavy atom. The fraction of sp³-hybridized carbons (Fsp3) is 0.500. The van der Waals surface area contributed by atoms with Gasteiger partial charge in [-0.05, 0) is 49.3 Å². The van der Waals surface area contributed by atoms with Crippen molar-refractivity contribution in [1.82, 2.24) is 0 Å². The summed E-state index contributed by atoms with van der Waals surface area (Å²) in [6.45, 7) is 0.0213. The number of hydrogen-bond donors (Lipinski definition) is 0. The summed E-state index contributed by atoms with van der Waals surface area (Å²) in [5.74, 6) is 0. The minimum Gasteiger partial charge on any atom is -0.237 e. The molecule has 1 rings (SSSR count). The molecule has 4 heteroatoms. The van der Waals surface area contributed by atoms with E-state index in [1.54, 1.807) is 35.3 Å². The molecule has 0 aliphatic heterocycles. The largest absolute Gasteiger partial charge is 0.237 e. The molecule has 0 spiro atoms. The van der Waals surface area contributed by atoms with E-state index in [9.17, 15) is 5.11 Å². The second-order valence-electron chi connectivity index (χ2n) is 3.34. The van der Waals surface area contributed by atoms with Gasteiger partial charge in [0.25, 0.3) is 0 Å². The minimum atomic E-state index is 0.0213. The van der Waals surface area contributed by atoms with Crippen LogP contribution in [0.2, 0.25) is 0 Å². The molecule has 1 radical (unpaired) electrons. The minimum absolute atomic E-state index is 0.0213. The van der Waals surface area contributed by atoms with Gasteiger partial charge in [0.1, 0.15) is 0 Å². The van der Waals surface area contributed by atoms with Crippen LogP contribution in [0.25, 0.3) is 0 Å². The molecule has 0 fully saturated rings. The summed E-state index contributed by atoms with van der Waals surface area (Å²) in [5, 5.41) is 10.5. The molecule has 0 saturated heterocycles. The molecular weight excluding hydrogens is 256 g/mol. The van der Waals surface area contributed by atoms with Crippen LogP contribution in [0.1, 0.15) is 12.0 Å². The van der Waals surface area contributed by atoms with Crippen LogP contribution < -0.4 is 0 Å². The highest BCUT2D eigenvalue weighted by Gasteiger charge is 2.09. The number of aryl methyl sites for hydroxylation is 1. The van der Waals surface area contributed by atoms with Gasteiger partial charge >= 0.3 is 0 Å². The molecule has 0 aliphatic carbocycles. The van der Waals surface area contributed by atoms with Crippen molar-refractivity contribution in [2.75, 3.05) is 25.4 Å². The van der Waals surface area contributed by atoms with E-state index in [0.29, 0.717) is 0 Å². The third kappa shape index (κ3) is 3.62. The lowest BCUT2D eigenvalue weighted by Gasteiger charge is -2.12. The molecule has 0 unspecified atom stereocenters. The van der Waals surface area contributed by atoms with Gasteiger partial charge in [0.05, 0.1) is 6.61 Å². The van der Waals surface area contributed by atoms with Crippen molar-refractivity contribution >= 4 is 35.3 Å². The Morgan fingerprint density at radius 1 is 1.00 bits per heavy atom. The summed E-state index contributed by atoms with van der Waals surface area (Å²) in [5.41, 5.74) is 1.29. The molecular formula is C12H17OS3. The summed E-state index contributed by atoms with van der Waals surface area (Å²) in [4.78, 5) is 4.03. The molecule has 1 aromatic carbocycles. The zero-order chi connectivity index (χ0) is 12.0. The van der Waals surface area contributed by atoms with Crippen LogP contribution in [0.5, 0.6) is 0 Å². The Labute approximate surface area is 111 Å².